The van der Waals surface area contributed by atoms with E-state index in [4.69, 9.17) is 0 Å². The molecular weight excluding hydrogens is 314 g/mol. The summed E-state index contributed by atoms with van der Waals surface area (Å²) < 4.78 is 1.18. The van der Waals surface area contributed by atoms with Crippen molar-refractivity contribution in [2.45, 2.75) is 12.6 Å². The molecular formula is C16H18BrN3. The normalized spacial score (nSPS) is 19.9. The van der Waals surface area contributed by atoms with Crippen molar-refractivity contribution in [3.05, 3.63) is 64.4 Å². The first-order chi connectivity index (χ1) is 9.84. The van der Waals surface area contributed by atoms with E-state index in [0.29, 0.717) is 6.04 Å². The lowest BCUT2D eigenvalue weighted by molar-refractivity contribution is 0.153. The standard InChI is InChI=1S/C16H18BrN3/c17-15-6-2-1-4-14(15)12-20-9-8-19-11-16(20)13-5-3-7-18-10-13/h1-7,10,16,19H,8-9,11-12H2. The van der Waals surface area contributed by atoms with Crippen molar-refractivity contribution in [2.75, 3.05) is 19.6 Å². The van der Waals surface area contributed by atoms with E-state index in [0.717, 1.165) is 26.2 Å². The van der Waals surface area contributed by atoms with Gasteiger partial charge in [-0.1, -0.05) is 40.2 Å². The molecule has 1 fully saturated rings. The van der Waals surface area contributed by atoms with Gasteiger partial charge >= 0.3 is 0 Å². The second-order valence-electron chi connectivity index (χ2n) is 5.07. The van der Waals surface area contributed by atoms with Crippen molar-refractivity contribution in [3.8, 4) is 0 Å². The maximum absolute atomic E-state index is 4.26. The minimum absolute atomic E-state index is 0.393. The number of pyridine rings is 1. The molecule has 104 valence electrons. The van der Waals surface area contributed by atoms with Crippen LogP contribution >= 0.6 is 15.9 Å². The first-order valence-corrected chi connectivity index (χ1v) is 7.72. The number of piperazine rings is 1. The van der Waals surface area contributed by atoms with Gasteiger partial charge in [0.05, 0.1) is 0 Å². The smallest absolute Gasteiger partial charge is 0.0492 e. The molecule has 1 N–H and O–H groups in total. The van der Waals surface area contributed by atoms with Crippen LogP contribution in [0.2, 0.25) is 0 Å². The Kier molecular flexibility index (Phi) is 4.45. The third kappa shape index (κ3) is 3.08. The maximum atomic E-state index is 4.26. The summed E-state index contributed by atoms with van der Waals surface area (Å²) >= 11 is 3.64. The first kappa shape index (κ1) is 13.7. The van der Waals surface area contributed by atoms with Crippen LogP contribution in [0.5, 0.6) is 0 Å². The summed E-state index contributed by atoms with van der Waals surface area (Å²) in [7, 11) is 0. The van der Waals surface area contributed by atoms with Crippen molar-refractivity contribution < 1.29 is 0 Å². The molecule has 0 spiro atoms. The van der Waals surface area contributed by atoms with Gasteiger partial charge in [-0.2, -0.15) is 0 Å². The largest absolute Gasteiger partial charge is 0.314 e. The molecule has 0 bridgehead atoms. The van der Waals surface area contributed by atoms with E-state index in [9.17, 15) is 0 Å². The summed E-state index contributed by atoms with van der Waals surface area (Å²) in [5.41, 5.74) is 2.62. The molecule has 0 radical (unpaired) electrons. The second-order valence-corrected chi connectivity index (χ2v) is 5.92. The molecule has 0 aliphatic carbocycles. The van der Waals surface area contributed by atoms with Crippen molar-refractivity contribution in [1.29, 1.82) is 0 Å². The summed E-state index contributed by atoms with van der Waals surface area (Å²) in [5.74, 6) is 0. The summed E-state index contributed by atoms with van der Waals surface area (Å²) in [6.07, 6.45) is 3.81. The van der Waals surface area contributed by atoms with Crippen LogP contribution in [-0.4, -0.2) is 29.5 Å². The molecule has 1 aliphatic heterocycles. The van der Waals surface area contributed by atoms with Crippen molar-refractivity contribution in [3.63, 3.8) is 0 Å². The van der Waals surface area contributed by atoms with E-state index in [1.165, 1.54) is 15.6 Å². The Morgan fingerprint density at radius 3 is 2.95 bits per heavy atom. The highest BCUT2D eigenvalue weighted by Crippen LogP contribution is 2.26. The number of aromatic nitrogens is 1. The number of nitrogens with zero attached hydrogens (tertiary/aromatic N) is 2. The summed E-state index contributed by atoms with van der Waals surface area (Å²) in [4.78, 5) is 6.78. The minimum Gasteiger partial charge on any atom is -0.314 e. The fourth-order valence-corrected chi connectivity index (χ4v) is 3.09. The highest BCUT2D eigenvalue weighted by Gasteiger charge is 2.24. The van der Waals surface area contributed by atoms with Gasteiger partial charge in [-0.15, -0.1) is 0 Å². The Labute approximate surface area is 128 Å². The predicted octanol–water partition coefficient (Wildman–Crippen LogP) is 2.99. The van der Waals surface area contributed by atoms with Crippen LogP contribution in [-0.2, 0) is 6.54 Å². The van der Waals surface area contributed by atoms with Crippen LogP contribution in [0, 0.1) is 0 Å². The number of benzene rings is 1. The average Bonchev–Trinajstić information content (AvgIpc) is 2.51. The fraction of sp³-hybridized carbons (Fsp3) is 0.312. The molecule has 4 heteroatoms. The molecule has 3 rings (SSSR count). The highest BCUT2D eigenvalue weighted by atomic mass is 79.9. The molecule has 1 aromatic carbocycles. The Morgan fingerprint density at radius 2 is 2.15 bits per heavy atom. The summed E-state index contributed by atoms with van der Waals surface area (Å²) in [6.45, 7) is 4.04. The zero-order valence-electron chi connectivity index (χ0n) is 11.3. The second kappa shape index (κ2) is 6.48. The van der Waals surface area contributed by atoms with Crippen molar-refractivity contribution in [1.82, 2.24) is 15.2 Å². The van der Waals surface area contributed by atoms with Crippen LogP contribution < -0.4 is 5.32 Å². The molecule has 2 heterocycles. The molecule has 1 saturated heterocycles. The molecule has 20 heavy (non-hydrogen) atoms. The van der Waals surface area contributed by atoms with Crippen LogP contribution in [0.1, 0.15) is 17.2 Å². The van der Waals surface area contributed by atoms with Gasteiger partial charge in [0.1, 0.15) is 0 Å². The van der Waals surface area contributed by atoms with Gasteiger partial charge < -0.3 is 5.32 Å². The molecule has 1 aliphatic rings. The SMILES string of the molecule is Brc1ccccc1CN1CCNCC1c1cccnc1. The molecule has 1 atom stereocenters. The van der Waals surface area contributed by atoms with E-state index in [2.05, 4.69) is 61.5 Å². The van der Waals surface area contributed by atoms with E-state index in [1.54, 1.807) is 0 Å². The highest BCUT2D eigenvalue weighted by molar-refractivity contribution is 9.10. The topological polar surface area (TPSA) is 28.2 Å². The van der Waals surface area contributed by atoms with Gasteiger partial charge in [0, 0.05) is 49.1 Å². The van der Waals surface area contributed by atoms with Crippen LogP contribution in [0.4, 0.5) is 0 Å². The Hall–Kier alpha value is -1.23. The Balaban J connectivity index is 1.81. The lowest BCUT2D eigenvalue weighted by Gasteiger charge is -2.36. The lowest BCUT2D eigenvalue weighted by Crippen LogP contribution is -2.45. The van der Waals surface area contributed by atoms with Crippen LogP contribution in [0.25, 0.3) is 0 Å². The summed E-state index contributed by atoms with van der Waals surface area (Å²) in [5, 5.41) is 3.48. The molecule has 3 nitrogen and oxygen atoms in total. The van der Waals surface area contributed by atoms with Gasteiger partial charge in [0.15, 0.2) is 0 Å². The van der Waals surface area contributed by atoms with Crippen LogP contribution in [0.3, 0.4) is 0 Å². The predicted molar refractivity (Wildman–Crippen MR) is 84.4 cm³/mol. The third-order valence-electron chi connectivity index (χ3n) is 3.75. The Morgan fingerprint density at radius 1 is 1.25 bits per heavy atom. The molecule has 0 saturated carbocycles. The minimum atomic E-state index is 0.393. The number of hydrogen-bond donors (Lipinski definition) is 1. The quantitative estimate of drug-likeness (QED) is 0.937. The van der Waals surface area contributed by atoms with Gasteiger partial charge in [0.25, 0.3) is 0 Å². The van der Waals surface area contributed by atoms with E-state index >= 15 is 0 Å². The zero-order valence-corrected chi connectivity index (χ0v) is 12.9. The molecule has 1 aromatic heterocycles. The lowest BCUT2D eigenvalue weighted by atomic mass is 10.0. The van der Waals surface area contributed by atoms with Gasteiger partial charge in [-0.3, -0.25) is 9.88 Å². The molecule has 2 aromatic rings. The van der Waals surface area contributed by atoms with Crippen molar-refractivity contribution >= 4 is 15.9 Å². The van der Waals surface area contributed by atoms with E-state index in [-0.39, 0.29) is 0 Å². The van der Waals surface area contributed by atoms with E-state index < -0.39 is 0 Å². The van der Waals surface area contributed by atoms with Crippen LogP contribution in [0.15, 0.2) is 53.3 Å². The number of hydrogen-bond acceptors (Lipinski definition) is 3. The molecule has 0 amide bonds. The monoisotopic (exact) mass is 331 g/mol. The first-order valence-electron chi connectivity index (χ1n) is 6.92. The van der Waals surface area contributed by atoms with Gasteiger partial charge in [-0.25, -0.2) is 0 Å². The van der Waals surface area contributed by atoms with Crippen molar-refractivity contribution in [2.24, 2.45) is 0 Å². The number of rotatable bonds is 3. The summed E-state index contributed by atoms with van der Waals surface area (Å²) in [6, 6.07) is 13.0. The Bertz CT molecular complexity index is 559. The average molecular weight is 332 g/mol. The third-order valence-corrected chi connectivity index (χ3v) is 4.53. The number of nitrogens with one attached hydrogen (secondary N) is 1. The van der Waals surface area contributed by atoms with Gasteiger partial charge in [0.2, 0.25) is 0 Å². The zero-order chi connectivity index (χ0) is 13.8. The number of halogens is 1. The maximum Gasteiger partial charge on any atom is 0.0492 e. The van der Waals surface area contributed by atoms with E-state index in [1.807, 2.05) is 18.5 Å². The van der Waals surface area contributed by atoms with Gasteiger partial charge in [-0.05, 0) is 23.3 Å². The fourth-order valence-electron chi connectivity index (χ4n) is 2.68. The molecule has 1 unspecified atom stereocenters.